The molecule has 1 aromatic heterocycles. The summed E-state index contributed by atoms with van der Waals surface area (Å²) in [6.45, 7) is 6.71. The van der Waals surface area contributed by atoms with Gasteiger partial charge in [0.1, 0.15) is 5.82 Å². The molecule has 1 aliphatic heterocycles. The van der Waals surface area contributed by atoms with Crippen LogP contribution in [-0.2, 0) is 4.74 Å². The topological polar surface area (TPSA) is 45.3 Å². The molecule has 0 saturated carbocycles. The van der Waals surface area contributed by atoms with Crippen molar-refractivity contribution in [1.29, 1.82) is 0 Å². The van der Waals surface area contributed by atoms with Gasteiger partial charge in [-0.15, -0.1) is 0 Å². The Kier molecular flexibility index (Phi) is 4.66. The summed E-state index contributed by atoms with van der Waals surface area (Å²) in [6, 6.07) is 4.53. The molecule has 4 nitrogen and oxygen atoms in total. The lowest BCUT2D eigenvalue weighted by Crippen LogP contribution is -2.41. The van der Waals surface area contributed by atoms with E-state index in [1.54, 1.807) is 6.07 Å². The van der Waals surface area contributed by atoms with Gasteiger partial charge in [-0.25, -0.2) is 4.39 Å². The van der Waals surface area contributed by atoms with E-state index >= 15 is 0 Å². The van der Waals surface area contributed by atoms with E-state index in [4.69, 9.17) is 4.74 Å². The highest BCUT2D eigenvalue weighted by Gasteiger charge is 2.27. The molecule has 1 N–H and O–H groups in total. The van der Waals surface area contributed by atoms with Gasteiger partial charge in [0, 0.05) is 36.3 Å². The van der Waals surface area contributed by atoms with Gasteiger partial charge in [-0.3, -0.25) is 4.79 Å². The first-order chi connectivity index (χ1) is 11.1. The van der Waals surface area contributed by atoms with Crippen molar-refractivity contribution in [3.05, 3.63) is 35.3 Å². The zero-order chi connectivity index (χ0) is 16.4. The van der Waals surface area contributed by atoms with Crippen molar-refractivity contribution in [2.45, 2.75) is 26.7 Å². The average Bonchev–Trinajstić information content (AvgIpc) is 2.87. The van der Waals surface area contributed by atoms with Crippen LogP contribution in [0.2, 0.25) is 0 Å². The molecule has 0 aliphatic carbocycles. The van der Waals surface area contributed by atoms with E-state index < -0.39 is 0 Å². The van der Waals surface area contributed by atoms with Crippen molar-refractivity contribution in [3.63, 3.8) is 0 Å². The molecule has 1 aromatic carbocycles. The number of fused-ring (bicyclic) bond motifs is 1. The van der Waals surface area contributed by atoms with Gasteiger partial charge in [-0.2, -0.15) is 0 Å². The quantitative estimate of drug-likeness (QED) is 0.937. The first-order valence-corrected chi connectivity index (χ1v) is 8.25. The second-order valence-corrected chi connectivity index (χ2v) is 6.23. The number of aromatic amines is 1. The van der Waals surface area contributed by atoms with E-state index in [1.165, 1.54) is 12.1 Å². The van der Waals surface area contributed by atoms with Crippen molar-refractivity contribution < 1.29 is 13.9 Å². The summed E-state index contributed by atoms with van der Waals surface area (Å²) < 4.78 is 19.1. The lowest BCUT2D eigenvalue weighted by atomic mass is 9.98. The molecule has 1 amide bonds. The van der Waals surface area contributed by atoms with Crippen LogP contribution in [0.25, 0.3) is 10.9 Å². The standard InChI is InChI=1S/C18H23FN2O2/c1-3-23-11-13-5-4-8-21(10-13)18(22)17-12(2)20-16-7-6-14(19)9-15(16)17/h6-7,9,13,20H,3-5,8,10-11H2,1-2H3. The van der Waals surface area contributed by atoms with Crippen LogP contribution in [0.4, 0.5) is 4.39 Å². The van der Waals surface area contributed by atoms with Crippen LogP contribution in [0.15, 0.2) is 18.2 Å². The van der Waals surface area contributed by atoms with E-state index in [2.05, 4.69) is 4.98 Å². The summed E-state index contributed by atoms with van der Waals surface area (Å²) >= 11 is 0. The zero-order valence-electron chi connectivity index (χ0n) is 13.7. The predicted octanol–water partition coefficient (Wildman–Crippen LogP) is 3.50. The monoisotopic (exact) mass is 318 g/mol. The molecule has 0 bridgehead atoms. The number of ether oxygens (including phenoxy) is 1. The summed E-state index contributed by atoms with van der Waals surface area (Å²) in [5, 5.41) is 0.666. The number of halogens is 1. The highest BCUT2D eigenvalue weighted by molar-refractivity contribution is 6.08. The maximum absolute atomic E-state index is 13.6. The first kappa shape index (κ1) is 16.0. The van der Waals surface area contributed by atoms with Crippen molar-refractivity contribution in [2.24, 2.45) is 5.92 Å². The minimum Gasteiger partial charge on any atom is -0.381 e. The van der Waals surface area contributed by atoms with Gasteiger partial charge < -0.3 is 14.6 Å². The van der Waals surface area contributed by atoms with Gasteiger partial charge in [0.2, 0.25) is 0 Å². The van der Waals surface area contributed by atoms with Gasteiger partial charge in [-0.1, -0.05) is 0 Å². The lowest BCUT2D eigenvalue weighted by Gasteiger charge is -2.32. The molecular weight excluding hydrogens is 295 g/mol. The fourth-order valence-electron chi connectivity index (χ4n) is 3.40. The Morgan fingerprint density at radius 3 is 3.09 bits per heavy atom. The average molecular weight is 318 g/mol. The molecule has 1 unspecified atom stereocenters. The van der Waals surface area contributed by atoms with Crippen molar-refractivity contribution >= 4 is 16.8 Å². The largest absolute Gasteiger partial charge is 0.381 e. The zero-order valence-corrected chi connectivity index (χ0v) is 13.7. The molecule has 124 valence electrons. The van der Waals surface area contributed by atoms with Crippen LogP contribution in [0.1, 0.15) is 35.8 Å². The fraction of sp³-hybridized carbons (Fsp3) is 0.500. The molecule has 1 atom stereocenters. The van der Waals surface area contributed by atoms with Gasteiger partial charge in [0.05, 0.1) is 12.2 Å². The molecule has 2 aromatic rings. The molecule has 1 fully saturated rings. The van der Waals surface area contributed by atoms with Crippen LogP contribution in [0, 0.1) is 18.7 Å². The number of benzene rings is 1. The maximum Gasteiger partial charge on any atom is 0.256 e. The minimum absolute atomic E-state index is 0.0134. The number of hydrogen-bond acceptors (Lipinski definition) is 2. The van der Waals surface area contributed by atoms with E-state index in [-0.39, 0.29) is 11.7 Å². The molecule has 3 rings (SSSR count). The highest BCUT2D eigenvalue weighted by atomic mass is 19.1. The Labute approximate surface area is 135 Å². The molecule has 2 heterocycles. The van der Waals surface area contributed by atoms with Crippen LogP contribution < -0.4 is 0 Å². The normalized spacial score (nSPS) is 18.6. The molecule has 5 heteroatoms. The number of carbonyl (C=O) groups excluding carboxylic acids is 1. The van der Waals surface area contributed by atoms with E-state index in [0.717, 1.165) is 30.6 Å². The molecule has 0 radical (unpaired) electrons. The lowest BCUT2D eigenvalue weighted by molar-refractivity contribution is 0.0502. The van der Waals surface area contributed by atoms with Gasteiger partial charge in [0.15, 0.2) is 0 Å². The number of hydrogen-bond donors (Lipinski definition) is 1. The highest BCUT2D eigenvalue weighted by Crippen LogP contribution is 2.26. The maximum atomic E-state index is 13.6. The van der Waals surface area contributed by atoms with E-state index in [9.17, 15) is 9.18 Å². The van der Waals surface area contributed by atoms with Gasteiger partial charge in [0.25, 0.3) is 5.91 Å². The molecule has 1 saturated heterocycles. The van der Waals surface area contributed by atoms with E-state index in [0.29, 0.717) is 36.6 Å². The number of nitrogens with zero attached hydrogens (tertiary/aromatic N) is 1. The summed E-state index contributed by atoms with van der Waals surface area (Å²) in [5.74, 6) is 0.0499. The number of aryl methyl sites for hydroxylation is 1. The van der Waals surface area contributed by atoms with Crippen molar-refractivity contribution in [3.8, 4) is 0 Å². The molecule has 1 aliphatic rings. The number of carbonyl (C=O) groups is 1. The van der Waals surface area contributed by atoms with Crippen LogP contribution >= 0.6 is 0 Å². The Bertz CT molecular complexity index is 710. The van der Waals surface area contributed by atoms with Crippen molar-refractivity contribution in [2.75, 3.05) is 26.3 Å². The molecular formula is C18H23FN2O2. The first-order valence-electron chi connectivity index (χ1n) is 8.25. The fourth-order valence-corrected chi connectivity index (χ4v) is 3.40. The minimum atomic E-state index is -0.321. The Morgan fingerprint density at radius 1 is 1.48 bits per heavy atom. The number of nitrogens with one attached hydrogen (secondary N) is 1. The smallest absolute Gasteiger partial charge is 0.256 e. The number of rotatable bonds is 4. The number of H-pyrrole nitrogens is 1. The summed E-state index contributed by atoms with van der Waals surface area (Å²) in [4.78, 5) is 18.0. The summed E-state index contributed by atoms with van der Waals surface area (Å²) in [5.41, 5.74) is 2.19. The van der Waals surface area contributed by atoms with Crippen LogP contribution in [0.5, 0.6) is 0 Å². The Hall–Kier alpha value is -1.88. The van der Waals surface area contributed by atoms with E-state index in [1.807, 2.05) is 18.7 Å². The Balaban J connectivity index is 1.85. The number of likely N-dealkylation sites (tertiary alicyclic amines) is 1. The summed E-state index contributed by atoms with van der Waals surface area (Å²) in [6.07, 6.45) is 2.07. The SMILES string of the molecule is CCOCC1CCCN(C(=O)c2c(C)[nH]c3ccc(F)cc23)C1. The third kappa shape index (κ3) is 3.24. The predicted molar refractivity (Wildman–Crippen MR) is 88.1 cm³/mol. The number of piperidine rings is 1. The third-order valence-electron chi connectivity index (χ3n) is 4.53. The molecule has 0 spiro atoms. The number of aromatic nitrogens is 1. The van der Waals surface area contributed by atoms with Crippen molar-refractivity contribution in [1.82, 2.24) is 9.88 Å². The van der Waals surface area contributed by atoms with Gasteiger partial charge in [-0.05, 0) is 50.8 Å². The van der Waals surface area contributed by atoms with Crippen LogP contribution in [0.3, 0.4) is 0 Å². The van der Waals surface area contributed by atoms with Crippen LogP contribution in [-0.4, -0.2) is 42.1 Å². The number of amides is 1. The Morgan fingerprint density at radius 2 is 2.30 bits per heavy atom. The molecule has 23 heavy (non-hydrogen) atoms. The third-order valence-corrected chi connectivity index (χ3v) is 4.53. The second kappa shape index (κ2) is 6.71. The summed E-state index contributed by atoms with van der Waals surface area (Å²) in [7, 11) is 0. The second-order valence-electron chi connectivity index (χ2n) is 6.23. The van der Waals surface area contributed by atoms with Gasteiger partial charge >= 0.3 is 0 Å².